The second kappa shape index (κ2) is 4.07. The molecule has 0 aliphatic carbocycles. The predicted molar refractivity (Wildman–Crippen MR) is 54.7 cm³/mol. The molecule has 14 heavy (non-hydrogen) atoms. The SMILES string of the molecule is CC(C)[C@@H]1CO[C@H](c2ccccn2)N1. The summed E-state index contributed by atoms with van der Waals surface area (Å²) in [7, 11) is 0. The first kappa shape index (κ1) is 9.62. The molecule has 1 fully saturated rings. The zero-order valence-corrected chi connectivity index (χ0v) is 8.60. The number of aromatic nitrogens is 1. The molecule has 0 spiro atoms. The molecule has 3 heteroatoms. The summed E-state index contributed by atoms with van der Waals surface area (Å²) in [6.45, 7) is 5.17. The molecule has 2 atom stereocenters. The van der Waals surface area contributed by atoms with Crippen molar-refractivity contribution in [2.45, 2.75) is 26.1 Å². The molecule has 1 saturated heterocycles. The van der Waals surface area contributed by atoms with Crippen LogP contribution < -0.4 is 5.32 Å². The summed E-state index contributed by atoms with van der Waals surface area (Å²) in [4.78, 5) is 4.27. The number of hydrogen-bond acceptors (Lipinski definition) is 3. The Bertz CT molecular complexity index is 287. The van der Waals surface area contributed by atoms with Gasteiger partial charge in [-0.15, -0.1) is 0 Å². The van der Waals surface area contributed by atoms with Gasteiger partial charge in [0, 0.05) is 12.2 Å². The Morgan fingerprint density at radius 3 is 2.93 bits per heavy atom. The third kappa shape index (κ3) is 1.94. The molecule has 76 valence electrons. The van der Waals surface area contributed by atoms with Crippen molar-refractivity contribution in [3.8, 4) is 0 Å². The van der Waals surface area contributed by atoms with Crippen molar-refractivity contribution >= 4 is 0 Å². The largest absolute Gasteiger partial charge is 0.356 e. The van der Waals surface area contributed by atoms with Crippen LogP contribution in [0, 0.1) is 5.92 Å². The van der Waals surface area contributed by atoms with Crippen LogP contribution in [0.4, 0.5) is 0 Å². The molecular weight excluding hydrogens is 176 g/mol. The van der Waals surface area contributed by atoms with Crippen LogP contribution in [-0.2, 0) is 4.74 Å². The molecule has 1 N–H and O–H groups in total. The van der Waals surface area contributed by atoms with E-state index in [-0.39, 0.29) is 6.23 Å². The van der Waals surface area contributed by atoms with Crippen LogP contribution in [0.2, 0.25) is 0 Å². The highest BCUT2D eigenvalue weighted by Crippen LogP contribution is 2.21. The second-order valence-corrected chi connectivity index (χ2v) is 3.99. The van der Waals surface area contributed by atoms with Crippen LogP contribution in [0.1, 0.15) is 25.8 Å². The summed E-state index contributed by atoms with van der Waals surface area (Å²) in [5, 5.41) is 3.42. The van der Waals surface area contributed by atoms with Gasteiger partial charge in [-0.2, -0.15) is 0 Å². The van der Waals surface area contributed by atoms with E-state index in [4.69, 9.17) is 4.74 Å². The predicted octanol–water partition coefficient (Wildman–Crippen LogP) is 1.72. The van der Waals surface area contributed by atoms with E-state index in [9.17, 15) is 0 Å². The topological polar surface area (TPSA) is 34.1 Å². The number of hydrogen-bond donors (Lipinski definition) is 1. The summed E-state index contributed by atoms with van der Waals surface area (Å²) in [5.41, 5.74) is 0.968. The lowest BCUT2D eigenvalue weighted by Gasteiger charge is -2.14. The molecule has 3 nitrogen and oxygen atoms in total. The maximum absolute atomic E-state index is 5.64. The summed E-state index contributed by atoms with van der Waals surface area (Å²) < 4.78 is 5.64. The number of ether oxygens (including phenoxy) is 1. The van der Waals surface area contributed by atoms with Crippen LogP contribution in [-0.4, -0.2) is 17.6 Å². The minimum absolute atomic E-state index is 0.0244. The first-order chi connectivity index (χ1) is 6.77. The highest BCUT2D eigenvalue weighted by molar-refractivity contribution is 5.07. The highest BCUT2D eigenvalue weighted by atomic mass is 16.5. The van der Waals surface area contributed by atoms with Crippen molar-refractivity contribution in [3.63, 3.8) is 0 Å². The van der Waals surface area contributed by atoms with E-state index in [0.717, 1.165) is 12.3 Å². The van der Waals surface area contributed by atoms with Gasteiger partial charge in [0.1, 0.15) is 0 Å². The number of pyridine rings is 1. The molecule has 1 aromatic heterocycles. The Hall–Kier alpha value is -0.930. The zero-order valence-electron chi connectivity index (χ0n) is 8.60. The van der Waals surface area contributed by atoms with Gasteiger partial charge in [-0.3, -0.25) is 10.3 Å². The summed E-state index contributed by atoms with van der Waals surface area (Å²) in [6, 6.07) is 6.33. The van der Waals surface area contributed by atoms with Crippen LogP contribution in [0.3, 0.4) is 0 Å². The van der Waals surface area contributed by atoms with Crippen molar-refractivity contribution in [1.29, 1.82) is 0 Å². The van der Waals surface area contributed by atoms with Crippen LogP contribution >= 0.6 is 0 Å². The molecule has 2 heterocycles. The molecule has 2 rings (SSSR count). The van der Waals surface area contributed by atoms with E-state index < -0.39 is 0 Å². The molecule has 1 aliphatic heterocycles. The van der Waals surface area contributed by atoms with E-state index in [0.29, 0.717) is 12.0 Å². The molecule has 1 aliphatic rings. The van der Waals surface area contributed by atoms with Gasteiger partial charge in [0.15, 0.2) is 6.23 Å². The van der Waals surface area contributed by atoms with Crippen molar-refractivity contribution in [3.05, 3.63) is 30.1 Å². The normalized spacial score (nSPS) is 27.1. The van der Waals surface area contributed by atoms with E-state index in [1.165, 1.54) is 0 Å². The number of nitrogens with one attached hydrogen (secondary N) is 1. The van der Waals surface area contributed by atoms with Crippen molar-refractivity contribution < 1.29 is 4.74 Å². The molecule has 0 bridgehead atoms. The molecule has 0 aromatic carbocycles. The third-order valence-electron chi connectivity index (χ3n) is 2.57. The molecule has 0 amide bonds. The van der Waals surface area contributed by atoms with Crippen molar-refractivity contribution in [1.82, 2.24) is 10.3 Å². The second-order valence-electron chi connectivity index (χ2n) is 3.99. The van der Waals surface area contributed by atoms with Gasteiger partial charge < -0.3 is 4.74 Å². The molecule has 0 unspecified atom stereocenters. The number of rotatable bonds is 2. The van der Waals surface area contributed by atoms with Gasteiger partial charge in [-0.1, -0.05) is 19.9 Å². The zero-order chi connectivity index (χ0) is 9.97. The fraction of sp³-hybridized carbons (Fsp3) is 0.545. The summed E-state index contributed by atoms with van der Waals surface area (Å²) in [6.07, 6.45) is 1.77. The van der Waals surface area contributed by atoms with Gasteiger partial charge in [-0.25, -0.2) is 0 Å². The van der Waals surface area contributed by atoms with Crippen molar-refractivity contribution in [2.75, 3.05) is 6.61 Å². The Balaban J connectivity index is 2.03. The molecular formula is C11H16N2O. The van der Waals surface area contributed by atoms with Gasteiger partial charge in [0.05, 0.1) is 12.3 Å². The Morgan fingerprint density at radius 1 is 1.50 bits per heavy atom. The standard InChI is InChI=1S/C11H16N2O/c1-8(2)10-7-14-11(13-10)9-5-3-4-6-12-9/h3-6,8,10-11,13H,7H2,1-2H3/t10-,11+/m0/s1. The average Bonchev–Trinajstić information content (AvgIpc) is 2.68. The Labute approximate surface area is 84.5 Å². The van der Waals surface area contributed by atoms with E-state index in [1.807, 2.05) is 18.2 Å². The van der Waals surface area contributed by atoms with Gasteiger partial charge >= 0.3 is 0 Å². The van der Waals surface area contributed by atoms with Crippen molar-refractivity contribution in [2.24, 2.45) is 5.92 Å². The Kier molecular flexibility index (Phi) is 2.79. The lowest BCUT2D eigenvalue weighted by Crippen LogP contribution is -2.30. The van der Waals surface area contributed by atoms with Crippen LogP contribution in [0.5, 0.6) is 0 Å². The Morgan fingerprint density at radius 2 is 2.36 bits per heavy atom. The lowest BCUT2D eigenvalue weighted by molar-refractivity contribution is 0.0966. The lowest BCUT2D eigenvalue weighted by atomic mass is 10.1. The van der Waals surface area contributed by atoms with E-state index in [1.54, 1.807) is 6.20 Å². The summed E-state index contributed by atoms with van der Waals surface area (Å²) in [5.74, 6) is 0.601. The number of nitrogens with zero attached hydrogens (tertiary/aromatic N) is 1. The molecule has 1 aromatic rings. The van der Waals surface area contributed by atoms with Gasteiger partial charge in [0.2, 0.25) is 0 Å². The first-order valence-corrected chi connectivity index (χ1v) is 5.06. The maximum Gasteiger partial charge on any atom is 0.151 e. The fourth-order valence-electron chi connectivity index (χ4n) is 1.58. The van der Waals surface area contributed by atoms with Crippen LogP contribution in [0.15, 0.2) is 24.4 Å². The molecule has 0 radical (unpaired) electrons. The fourth-order valence-corrected chi connectivity index (χ4v) is 1.58. The van der Waals surface area contributed by atoms with E-state index >= 15 is 0 Å². The monoisotopic (exact) mass is 192 g/mol. The first-order valence-electron chi connectivity index (χ1n) is 5.06. The minimum atomic E-state index is -0.0244. The van der Waals surface area contributed by atoms with Gasteiger partial charge in [-0.05, 0) is 18.1 Å². The minimum Gasteiger partial charge on any atom is -0.356 e. The van der Waals surface area contributed by atoms with E-state index in [2.05, 4.69) is 24.1 Å². The average molecular weight is 192 g/mol. The van der Waals surface area contributed by atoms with Gasteiger partial charge in [0.25, 0.3) is 0 Å². The van der Waals surface area contributed by atoms with Crippen LogP contribution in [0.25, 0.3) is 0 Å². The smallest absolute Gasteiger partial charge is 0.151 e. The highest BCUT2D eigenvalue weighted by Gasteiger charge is 2.27. The third-order valence-corrected chi connectivity index (χ3v) is 2.57. The molecule has 0 saturated carbocycles. The maximum atomic E-state index is 5.64. The quantitative estimate of drug-likeness (QED) is 0.774. The summed E-state index contributed by atoms with van der Waals surface area (Å²) >= 11 is 0.